The van der Waals surface area contributed by atoms with Crippen molar-refractivity contribution >= 4 is 5.91 Å². The van der Waals surface area contributed by atoms with E-state index in [1.165, 1.54) is 49.3 Å². The van der Waals surface area contributed by atoms with Crippen LogP contribution in [0.3, 0.4) is 0 Å². The third-order valence-corrected chi connectivity index (χ3v) is 10.6. The Labute approximate surface area is 239 Å². The number of benzene rings is 1. The first kappa shape index (κ1) is 27.9. The highest BCUT2D eigenvalue weighted by Crippen LogP contribution is 2.50. The summed E-state index contributed by atoms with van der Waals surface area (Å²) in [5.41, 5.74) is 4.76. The van der Waals surface area contributed by atoms with E-state index in [1.54, 1.807) is 5.56 Å². The molecule has 1 saturated carbocycles. The van der Waals surface area contributed by atoms with Crippen molar-refractivity contribution < 1.29 is 9.53 Å². The number of carbonyl (C=O) groups excluding carboxylic acids is 1. The van der Waals surface area contributed by atoms with Gasteiger partial charge in [0.1, 0.15) is 0 Å². The average molecular weight is 547 g/mol. The predicted molar refractivity (Wildman–Crippen MR) is 155 cm³/mol. The van der Waals surface area contributed by atoms with Crippen LogP contribution in [0.2, 0.25) is 0 Å². The second-order valence-corrected chi connectivity index (χ2v) is 13.2. The van der Waals surface area contributed by atoms with E-state index in [4.69, 9.17) is 4.74 Å². The number of rotatable bonds is 6. The summed E-state index contributed by atoms with van der Waals surface area (Å²) in [5.74, 6) is 0.378. The van der Waals surface area contributed by atoms with Gasteiger partial charge in [-0.05, 0) is 88.1 Å². The molecule has 1 amide bonds. The van der Waals surface area contributed by atoms with E-state index in [-0.39, 0.29) is 24.5 Å². The number of nitrogens with zero attached hydrogens (tertiary/aromatic N) is 4. The van der Waals surface area contributed by atoms with Crippen molar-refractivity contribution in [3.05, 3.63) is 47.5 Å². The minimum atomic E-state index is -0.205. The van der Waals surface area contributed by atoms with Crippen LogP contribution in [0.5, 0.6) is 0 Å². The molecule has 7 atom stereocenters. The Kier molecular flexibility index (Phi) is 8.04. The van der Waals surface area contributed by atoms with E-state index < -0.39 is 0 Å². The molecular weight excluding hydrogens is 500 g/mol. The smallest absolute Gasteiger partial charge is 0.246 e. The van der Waals surface area contributed by atoms with Crippen LogP contribution < -0.4 is 10.6 Å². The molecular formula is C32H46N6O2. The first-order valence-electron chi connectivity index (χ1n) is 15.3. The molecule has 8 heteroatoms. The Morgan fingerprint density at radius 3 is 2.83 bits per heavy atom. The van der Waals surface area contributed by atoms with Gasteiger partial charge in [-0.25, -0.2) is 0 Å². The molecule has 0 aromatic heterocycles. The first-order valence-corrected chi connectivity index (χ1v) is 15.3. The normalized spacial score (nSPS) is 36.3. The van der Waals surface area contributed by atoms with Gasteiger partial charge < -0.3 is 14.5 Å². The molecule has 3 heterocycles. The van der Waals surface area contributed by atoms with Gasteiger partial charge in [-0.15, -0.1) is 0 Å². The van der Waals surface area contributed by atoms with Crippen LogP contribution in [0, 0.1) is 29.6 Å². The Morgan fingerprint density at radius 1 is 1.20 bits per heavy atom. The van der Waals surface area contributed by atoms with Crippen molar-refractivity contribution in [3.8, 4) is 6.07 Å². The lowest BCUT2D eigenvalue weighted by Gasteiger charge is -2.55. The van der Waals surface area contributed by atoms with Crippen molar-refractivity contribution in [2.24, 2.45) is 11.3 Å². The highest BCUT2D eigenvalue weighted by Gasteiger charge is 2.50. The van der Waals surface area contributed by atoms with Crippen molar-refractivity contribution in [3.63, 3.8) is 0 Å². The molecule has 6 unspecified atom stereocenters. The van der Waals surface area contributed by atoms with Gasteiger partial charge >= 0.3 is 0 Å². The lowest BCUT2D eigenvalue weighted by atomic mass is 9.65. The molecule has 6 rings (SSSR count). The maximum Gasteiger partial charge on any atom is 0.246 e. The molecule has 1 aromatic rings. The van der Waals surface area contributed by atoms with E-state index in [2.05, 4.69) is 65.3 Å². The molecule has 0 bridgehead atoms. The molecule has 2 aliphatic carbocycles. The number of likely N-dealkylation sites (tertiary alicyclic amines) is 1. The van der Waals surface area contributed by atoms with Crippen molar-refractivity contribution in [2.75, 3.05) is 39.8 Å². The fourth-order valence-corrected chi connectivity index (χ4v) is 8.45. The van der Waals surface area contributed by atoms with Crippen molar-refractivity contribution in [1.29, 1.82) is 5.26 Å². The van der Waals surface area contributed by atoms with Gasteiger partial charge in [0.15, 0.2) is 6.35 Å². The number of nitrogens with one attached hydrogen (secondary N) is 2. The molecule has 4 fully saturated rings. The minimum absolute atomic E-state index is 0.0754. The summed E-state index contributed by atoms with van der Waals surface area (Å²) in [5, 5.41) is 17.3. The number of amides is 1. The van der Waals surface area contributed by atoms with Gasteiger partial charge in [0.2, 0.25) is 5.91 Å². The Hall–Kier alpha value is -2.28. The molecule has 1 spiro atoms. The summed E-state index contributed by atoms with van der Waals surface area (Å²) in [6.07, 6.45) is 10.00. The van der Waals surface area contributed by atoms with E-state index in [0.29, 0.717) is 42.9 Å². The molecule has 3 aliphatic heterocycles. The van der Waals surface area contributed by atoms with Crippen LogP contribution in [0.1, 0.15) is 55.2 Å². The van der Waals surface area contributed by atoms with Crippen LogP contribution in [0.25, 0.3) is 0 Å². The highest BCUT2D eigenvalue weighted by atomic mass is 16.5. The van der Waals surface area contributed by atoms with Gasteiger partial charge in [-0.3, -0.25) is 20.3 Å². The molecule has 216 valence electrons. The lowest BCUT2D eigenvalue weighted by Crippen LogP contribution is -2.72. The zero-order valence-corrected chi connectivity index (χ0v) is 24.3. The van der Waals surface area contributed by atoms with Crippen LogP contribution in [-0.4, -0.2) is 91.1 Å². The summed E-state index contributed by atoms with van der Waals surface area (Å²) in [4.78, 5) is 19.3. The second kappa shape index (κ2) is 11.5. The predicted octanol–water partition coefficient (Wildman–Crippen LogP) is 2.77. The number of likely N-dealkylation sites (N-methyl/N-ethyl adjacent to an activating group) is 1. The summed E-state index contributed by atoms with van der Waals surface area (Å²) >= 11 is 0. The molecule has 40 heavy (non-hydrogen) atoms. The molecule has 2 N–H and O–H groups in total. The zero-order chi connectivity index (χ0) is 27.9. The van der Waals surface area contributed by atoms with Gasteiger partial charge in [-0.2, -0.15) is 5.26 Å². The maximum absolute atomic E-state index is 12.5. The van der Waals surface area contributed by atoms with E-state index in [9.17, 15) is 10.1 Å². The molecule has 0 radical (unpaired) electrons. The summed E-state index contributed by atoms with van der Waals surface area (Å²) in [6, 6.07) is 10.1. The van der Waals surface area contributed by atoms with E-state index in [0.717, 1.165) is 32.5 Å². The fraction of sp³-hybridized carbons (Fsp3) is 0.688. The van der Waals surface area contributed by atoms with Gasteiger partial charge in [0, 0.05) is 37.6 Å². The summed E-state index contributed by atoms with van der Waals surface area (Å²) in [7, 11) is 2.20. The fourth-order valence-electron chi connectivity index (χ4n) is 8.45. The number of hydrogen-bond donors (Lipinski definition) is 2. The lowest BCUT2D eigenvalue weighted by molar-refractivity contribution is -0.137. The monoisotopic (exact) mass is 546 g/mol. The van der Waals surface area contributed by atoms with Gasteiger partial charge in [-0.1, -0.05) is 30.3 Å². The number of ether oxygens (including phenoxy) is 1. The molecule has 8 nitrogen and oxygen atoms in total. The summed E-state index contributed by atoms with van der Waals surface area (Å²) < 4.78 is 6.57. The number of aryl methyl sites for hydroxylation is 1. The molecule has 3 saturated heterocycles. The molecule has 5 aliphatic rings. The van der Waals surface area contributed by atoms with Crippen molar-refractivity contribution in [1.82, 2.24) is 25.3 Å². The van der Waals surface area contributed by atoms with Crippen LogP contribution in [0.15, 0.2) is 30.9 Å². The topological polar surface area (TPSA) is 83.9 Å². The van der Waals surface area contributed by atoms with Gasteiger partial charge in [0.05, 0.1) is 31.3 Å². The third-order valence-electron chi connectivity index (χ3n) is 10.6. The Balaban J connectivity index is 1.20. The van der Waals surface area contributed by atoms with Crippen LogP contribution >= 0.6 is 0 Å². The first-order chi connectivity index (χ1) is 19.4. The Bertz CT molecular complexity index is 1150. The second-order valence-electron chi connectivity index (χ2n) is 13.2. The number of fused-ring (bicyclic) bond motifs is 2. The minimum Gasteiger partial charge on any atom is -0.348 e. The SMILES string of the molecule is C=CC(=O)N1CCN(C2NC(OCC3CCCN3C)NC3C[C@]4(CCC32)Cc2ccc(C)cc2C4)CC1CC#N. The number of carbonyl (C=O) groups is 1. The summed E-state index contributed by atoms with van der Waals surface area (Å²) in [6.45, 7) is 9.86. The standard InChI is InChI=1S/C32H46N6O2/c1-4-29(39)38-15-14-37(20-25(38)10-12-33)30-27-9-11-32(17-23-8-7-22(2)16-24(23)18-32)19-28(27)34-31(35-30)40-21-26-6-5-13-36(26)3/h4,7-8,16,25-28,30-31,34-35H,1,5-6,9-11,13-15,17-21H2,2-3H3/t25?,26?,27?,28?,30?,31?,32-/m1/s1. The molecule has 1 aromatic carbocycles. The highest BCUT2D eigenvalue weighted by molar-refractivity contribution is 5.87. The van der Waals surface area contributed by atoms with Gasteiger partial charge in [0.25, 0.3) is 0 Å². The zero-order valence-electron chi connectivity index (χ0n) is 24.3. The largest absolute Gasteiger partial charge is 0.348 e. The third kappa shape index (κ3) is 5.47. The quantitative estimate of drug-likeness (QED) is 0.531. The van der Waals surface area contributed by atoms with Crippen LogP contribution in [-0.2, 0) is 22.4 Å². The Morgan fingerprint density at radius 2 is 2.05 bits per heavy atom. The number of piperazine rings is 1. The average Bonchev–Trinajstić information content (AvgIpc) is 3.52. The van der Waals surface area contributed by atoms with Crippen molar-refractivity contribution in [2.45, 2.75) is 88.9 Å². The maximum atomic E-state index is 12.5. The van der Waals surface area contributed by atoms with Crippen LogP contribution in [0.4, 0.5) is 0 Å². The van der Waals surface area contributed by atoms with E-state index in [1.807, 2.05) is 4.90 Å². The number of nitriles is 1. The van der Waals surface area contributed by atoms with E-state index >= 15 is 0 Å². The number of hydrogen-bond acceptors (Lipinski definition) is 7.